The zero-order chi connectivity index (χ0) is 25.1. The van der Waals surface area contributed by atoms with Gasteiger partial charge in [0.05, 0.1) is 28.8 Å². The van der Waals surface area contributed by atoms with E-state index < -0.39 is 45.2 Å². The molecule has 0 aromatic heterocycles. The second-order valence-corrected chi connectivity index (χ2v) is 11.0. The lowest BCUT2D eigenvalue weighted by molar-refractivity contribution is -0.146. The summed E-state index contributed by atoms with van der Waals surface area (Å²) in [6.45, 7) is 6.86. The number of hydrogen-bond acceptors (Lipinski definition) is 7. The van der Waals surface area contributed by atoms with Crippen LogP contribution in [0.2, 0.25) is 0 Å². The van der Waals surface area contributed by atoms with Crippen molar-refractivity contribution in [2.45, 2.75) is 75.5 Å². The number of hydrogen-bond donors (Lipinski definition) is 2. The molecule has 0 spiro atoms. The molecule has 3 rings (SSSR count). The third-order valence-corrected chi connectivity index (χ3v) is 9.06. The molecule has 0 bridgehead atoms. The summed E-state index contributed by atoms with van der Waals surface area (Å²) in [5, 5.41) is 5.16. The molecule has 0 radical (unpaired) electrons. The number of ether oxygens (including phenoxy) is 2. The van der Waals surface area contributed by atoms with Crippen molar-refractivity contribution < 1.29 is 32.3 Å². The van der Waals surface area contributed by atoms with E-state index in [2.05, 4.69) is 10.6 Å². The van der Waals surface area contributed by atoms with Crippen LogP contribution in [0.25, 0.3) is 0 Å². The van der Waals surface area contributed by atoms with Gasteiger partial charge in [0.25, 0.3) is 0 Å². The van der Waals surface area contributed by atoms with Gasteiger partial charge >= 0.3 is 18.0 Å². The number of sulfone groups is 1. The molecule has 1 saturated carbocycles. The molecule has 2 amide bonds. The lowest BCUT2D eigenvalue weighted by Crippen LogP contribution is -2.51. The van der Waals surface area contributed by atoms with E-state index in [0.717, 1.165) is 11.1 Å². The van der Waals surface area contributed by atoms with Crippen LogP contribution in [0.4, 0.5) is 4.79 Å². The standard InChI is InChI=1S/C24H32N2O7S/c1-5-18-20(21(27)32-6-2)19(26-23(29)25-18)14-33-22(28)24(11-7-8-12-24)34(30,31)17-10-9-15(3)16(4)13-17/h9-10,13,18H,5-8,11-12,14H2,1-4H3,(H2,25,26,29)/t18-/m1/s1. The lowest BCUT2D eigenvalue weighted by Gasteiger charge is -2.30. The van der Waals surface area contributed by atoms with Gasteiger partial charge in [-0.05, 0) is 63.3 Å². The Morgan fingerprint density at radius 2 is 1.76 bits per heavy atom. The van der Waals surface area contributed by atoms with E-state index in [4.69, 9.17) is 9.47 Å². The fourth-order valence-electron chi connectivity index (χ4n) is 4.48. The second-order valence-electron chi connectivity index (χ2n) is 8.70. The number of carbonyl (C=O) groups excluding carboxylic acids is 3. The van der Waals surface area contributed by atoms with Gasteiger partial charge in [0.1, 0.15) is 6.61 Å². The van der Waals surface area contributed by atoms with Gasteiger partial charge in [-0.1, -0.05) is 25.8 Å². The first kappa shape index (κ1) is 25.7. The van der Waals surface area contributed by atoms with E-state index in [9.17, 15) is 22.8 Å². The van der Waals surface area contributed by atoms with E-state index >= 15 is 0 Å². The molecule has 1 aliphatic heterocycles. The average Bonchev–Trinajstić information content (AvgIpc) is 3.30. The van der Waals surface area contributed by atoms with Gasteiger partial charge in [-0.25, -0.2) is 18.0 Å². The summed E-state index contributed by atoms with van der Waals surface area (Å²) in [6, 6.07) is 3.68. The molecule has 1 fully saturated rings. The Morgan fingerprint density at radius 1 is 1.09 bits per heavy atom. The molecule has 1 aliphatic carbocycles. The first-order valence-electron chi connectivity index (χ1n) is 11.5. The van der Waals surface area contributed by atoms with Gasteiger partial charge in [0.2, 0.25) is 0 Å². The number of rotatable bonds is 8. The molecular weight excluding hydrogens is 460 g/mol. The molecule has 34 heavy (non-hydrogen) atoms. The Hall–Kier alpha value is -2.88. The smallest absolute Gasteiger partial charge is 0.338 e. The summed E-state index contributed by atoms with van der Waals surface area (Å²) in [7, 11) is -4.04. The monoisotopic (exact) mass is 492 g/mol. The first-order chi connectivity index (χ1) is 16.1. The minimum atomic E-state index is -4.04. The summed E-state index contributed by atoms with van der Waals surface area (Å²) in [5.41, 5.74) is 2.02. The molecule has 10 heteroatoms. The first-order valence-corrected chi connectivity index (χ1v) is 13.0. The summed E-state index contributed by atoms with van der Waals surface area (Å²) in [5.74, 6) is -1.51. The normalized spacial score (nSPS) is 19.9. The molecule has 0 saturated heterocycles. The summed E-state index contributed by atoms with van der Waals surface area (Å²) < 4.78 is 36.2. The number of urea groups is 1. The van der Waals surface area contributed by atoms with Crippen molar-refractivity contribution in [1.82, 2.24) is 10.6 Å². The molecule has 186 valence electrons. The van der Waals surface area contributed by atoms with Crippen molar-refractivity contribution in [3.8, 4) is 0 Å². The number of aryl methyl sites for hydroxylation is 2. The predicted molar refractivity (Wildman–Crippen MR) is 125 cm³/mol. The van der Waals surface area contributed by atoms with Gasteiger partial charge in [0.15, 0.2) is 14.6 Å². The molecule has 0 unspecified atom stereocenters. The Balaban J connectivity index is 1.93. The zero-order valence-electron chi connectivity index (χ0n) is 20.0. The Morgan fingerprint density at radius 3 is 2.35 bits per heavy atom. The fraction of sp³-hybridized carbons (Fsp3) is 0.542. The summed E-state index contributed by atoms with van der Waals surface area (Å²) in [4.78, 5) is 38.1. The molecule has 9 nitrogen and oxygen atoms in total. The van der Waals surface area contributed by atoms with Crippen LogP contribution in [0, 0.1) is 13.8 Å². The minimum Gasteiger partial charge on any atom is -0.463 e. The highest BCUT2D eigenvalue weighted by Gasteiger charge is 2.54. The molecule has 1 atom stereocenters. The highest BCUT2D eigenvalue weighted by atomic mass is 32.2. The van der Waals surface area contributed by atoms with Crippen LogP contribution in [0.5, 0.6) is 0 Å². The number of carbonyl (C=O) groups is 3. The van der Waals surface area contributed by atoms with Crippen LogP contribution >= 0.6 is 0 Å². The number of amides is 2. The molecule has 1 aromatic rings. The molecule has 2 aliphatic rings. The quantitative estimate of drug-likeness (QED) is 0.534. The lowest BCUT2D eigenvalue weighted by atomic mass is 10.0. The van der Waals surface area contributed by atoms with Crippen molar-refractivity contribution in [3.05, 3.63) is 40.6 Å². The average molecular weight is 493 g/mol. The van der Waals surface area contributed by atoms with Crippen molar-refractivity contribution in [1.29, 1.82) is 0 Å². The molecule has 1 aromatic carbocycles. The van der Waals surface area contributed by atoms with Gasteiger partial charge in [-0.3, -0.25) is 4.79 Å². The van der Waals surface area contributed by atoms with Crippen molar-refractivity contribution in [2.24, 2.45) is 0 Å². The van der Waals surface area contributed by atoms with E-state index in [1.807, 2.05) is 13.8 Å². The second kappa shape index (κ2) is 10.2. The van der Waals surface area contributed by atoms with Gasteiger partial charge < -0.3 is 20.1 Å². The van der Waals surface area contributed by atoms with Gasteiger partial charge in [-0.15, -0.1) is 0 Å². The van der Waals surface area contributed by atoms with Gasteiger partial charge in [-0.2, -0.15) is 0 Å². The van der Waals surface area contributed by atoms with Crippen molar-refractivity contribution >= 4 is 27.8 Å². The highest BCUT2D eigenvalue weighted by Crippen LogP contribution is 2.42. The largest absolute Gasteiger partial charge is 0.463 e. The highest BCUT2D eigenvalue weighted by molar-refractivity contribution is 7.93. The number of nitrogens with one attached hydrogen (secondary N) is 2. The molecule has 1 heterocycles. The maximum Gasteiger partial charge on any atom is 0.338 e. The van der Waals surface area contributed by atoms with E-state index in [1.165, 1.54) is 6.07 Å². The maximum atomic E-state index is 13.7. The maximum absolute atomic E-state index is 13.7. The summed E-state index contributed by atoms with van der Waals surface area (Å²) >= 11 is 0. The SMILES string of the molecule is CCOC(=O)C1=C(COC(=O)C2(S(=O)(=O)c3ccc(C)c(C)c3)CCCC2)NC(=O)N[C@@H]1CC. The molecule has 2 N–H and O–H groups in total. The fourth-order valence-corrected chi connectivity index (χ4v) is 6.61. The topological polar surface area (TPSA) is 128 Å². The van der Waals surface area contributed by atoms with Crippen LogP contribution in [-0.2, 0) is 28.9 Å². The van der Waals surface area contributed by atoms with Crippen molar-refractivity contribution in [3.63, 3.8) is 0 Å². The number of esters is 2. The minimum absolute atomic E-state index is 0.0853. The van der Waals surface area contributed by atoms with Crippen LogP contribution in [0.3, 0.4) is 0 Å². The Bertz CT molecular complexity index is 1120. The zero-order valence-corrected chi connectivity index (χ0v) is 20.8. The third kappa shape index (κ3) is 4.68. The third-order valence-electron chi connectivity index (χ3n) is 6.58. The van der Waals surface area contributed by atoms with E-state index in [1.54, 1.807) is 26.0 Å². The van der Waals surface area contributed by atoms with Crippen LogP contribution in [0.15, 0.2) is 34.4 Å². The summed E-state index contributed by atoms with van der Waals surface area (Å²) in [6.07, 6.45) is 1.87. The van der Waals surface area contributed by atoms with Crippen LogP contribution < -0.4 is 10.6 Å². The van der Waals surface area contributed by atoms with Gasteiger partial charge in [0, 0.05) is 0 Å². The Labute approximate surface area is 200 Å². The van der Waals surface area contributed by atoms with E-state index in [0.29, 0.717) is 19.3 Å². The predicted octanol–water partition coefficient (Wildman–Crippen LogP) is 2.84. The Kier molecular flexibility index (Phi) is 7.70. The van der Waals surface area contributed by atoms with Crippen LogP contribution in [-0.4, -0.2) is 50.4 Å². The van der Waals surface area contributed by atoms with E-state index in [-0.39, 0.29) is 35.6 Å². The molecular formula is C24H32N2O7S. The van der Waals surface area contributed by atoms with Crippen molar-refractivity contribution in [2.75, 3.05) is 13.2 Å². The number of benzene rings is 1. The van der Waals surface area contributed by atoms with Crippen LogP contribution in [0.1, 0.15) is 57.1 Å².